The van der Waals surface area contributed by atoms with Gasteiger partial charge in [0.15, 0.2) is 0 Å². The third kappa shape index (κ3) is 15.9. The number of hydrogen-bond acceptors (Lipinski definition) is 1. The topological polar surface area (TPSA) is 20.2 Å². The molecule has 0 aliphatic carbocycles. The molecule has 0 heterocycles. The molecule has 0 aromatic heterocycles. The van der Waals surface area contributed by atoms with Crippen LogP contribution in [0.25, 0.3) is 0 Å². The maximum atomic E-state index is 9.90. The first kappa shape index (κ1) is 19.0. The van der Waals surface area contributed by atoms with Crippen LogP contribution in [0.4, 0.5) is 0 Å². The summed E-state index contributed by atoms with van der Waals surface area (Å²) in [6.45, 7) is 6.85. The molecule has 0 rings (SSSR count). The number of unbranched alkanes of at least 4 members (excludes halogenated alkanes) is 8. The lowest BCUT2D eigenvalue weighted by Crippen LogP contribution is -2.05. The average molecular weight is 271 g/mol. The van der Waals surface area contributed by atoms with Crippen molar-refractivity contribution in [2.24, 2.45) is 5.92 Å². The monoisotopic (exact) mass is 270 g/mol. The summed E-state index contributed by atoms with van der Waals surface area (Å²) in [5, 5.41) is 9.90. The summed E-state index contributed by atoms with van der Waals surface area (Å²) in [6, 6.07) is 0. The SMILES string of the molecule is CCCCCCCCC(O)CCCCCCC(C)C. The molecular formula is C18H38O. The Morgan fingerprint density at radius 1 is 0.632 bits per heavy atom. The average Bonchev–Trinajstić information content (AvgIpc) is 2.37. The van der Waals surface area contributed by atoms with E-state index in [0.29, 0.717) is 0 Å². The van der Waals surface area contributed by atoms with Crippen LogP contribution in [0.3, 0.4) is 0 Å². The quantitative estimate of drug-likeness (QED) is 0.378. The van der Waals surface area contributed by atoms with Gasteiger partial charge >= 0.3 is 0 Å². The fourth-order valence-electron chi connectivity index (χ4n) is 2.59. The normalized spacial score (nSPS) is 13.1. The van der Waals surface area contributed by atoms with Gasteiger partial charge in [0.1, 0.15) is 0 Å². The molecule has 0 aromatic carbocycles. The summed E-state index contributed by atoms with van der Waals surface area (Å²) >= 11 is 0. The van der Waals surface area contributed by atoms with Gasteiger partial charge in [0.2, 0.25) is 0 Å². The molecule has 0 spiro atoms. The molecule has 0 bridgehead atoms. The summed E-state index contributed by atoms with van der Waals surface area (Å²) in [5.74, 6) is 0.846. The van der Waals surface area contributed by atoms with Crippen LogP contribution in [0.1, 0.15) is 104 Å². The zero-order valence-corrected chi connectivity index (χ0v) is 13.8. The van der Waals surface area contributed by atoms with Crippen LogP contribution < -0.4 is 0 Å². The molecule has 1 atom stereocenters. The standard InChI is InChI=1S/C18H38O/c1-4-5-6-7-8-12-15-18(19)16-13-10-9-11-14-17(2)3/h17-19H,4-16H2,1-3H3. The van der Waals surface area contributed by atoms with Crippen molar-refractivity contribution in [3.05, 3.63) is 0 Å². The maximum absolute atomic E-state index is 9.90. The van der Waals surface area contributed by atoms with Gasteiger partial charge in [0.05, 0.1) is 6.10 Å². The Morgan fingerprint density at radius 3 is 1.53 bits per heavy atom. The van der Waals surface area contributed by atoms with E-state index in [9.17, 15) is 5.11 Å². The largest absolute Gasteiger partial charge is 0.393 e. The van der Waals surface area contributed by atoms with Crippen LogP contribution in [-0.4, -0.2) is 11.2 Å². The summed E-state index contributed by atoms with van der Waals surface area (Å²) < 4.78 is 0. The van der Waals surface area contributed by atoms with E-state index in [1.165, 1.54) is 70.6 Å². The van der Waals surface area contributed by atoms with Gasteiger partial charge in [-0.25, -0.2) is 0 Å². The van der Waals surface area contributed by atoms with E-state index < -0.39 is 0 Å². The zero-order chi connectivity index (χ0) is 14.3. The Kier molecular flexibility index (Phi) is 14.3. The molecular weight excluding hydrogens is 232 g/mol. The highest BCUT2D eigenvalue weighted by Crippen LogP contribution is 2.14. The molecule has 1 heteroatoms. The van der Waals surface area contributed by atoms with Gasteiger partial charge < -0.3 is 5.11 Å². The van der Waals surface area contributed by atoms with Crippen molar-refractivity contribution < 1.29 is 5.11 Å². The fraction of sp³-hybridized carbons (Fsp3) is 1.00. The minimum Gasteiger partial charge on any atom is -0.393 e. The highest BCUT2D eigenvalue weighted by atomic mass is 16.3. The van der Waals surface area contributed by atoms with Gasteiger partial charge in [-0.15, -0.1) is 0 Å². The third-order valence-electron chi connectivity index (χ3n) is 3.96. The number of hydrogen-bond donors (Lipinski definition) is 1. The molecule has 19 heavy (non-hydrogen) atoms. The predicted octanol–water partition coefficient (Wildman–Crippen LogP) is 6.09. The van der Waals surface area contributed by atoms with E-state index >= 15 is 0 Å². The molecule has 0 fully saturated rings. The molecule has 116 valence electrons. The lowest BCUT2D eigenvalue weighted by Gasteiger charge is -2.10. The number of aliphatic hydroxyl groups excluding tert-OH is 1. The second-order valence-electron chi connectivity index (χ2n) is 6.60. The summed E-state index contributed by atoms with van der Waals surface area (Å²) in [6.07, 6.45) is 16.6. The van der Waals surface area contributed by atoms with Gasteiger partial charge in [0, 0.05) is 0 Å². The van der Waals surface area contributed by atoms with E-state index in [0.717, 1.165) is 18.8 Å². The van der Waals surface area contributed by atoms with Crippen LogP contribution in [0.5, 0.6) is 0 Å². The van der Waals surface area contributed by atoms with Gasteiger partial charge in [-0.2, -0.15) is 0 Å². The van der Waals surface area contributed by atoms with E-state index in [-0.39, 0.29) is 6.10 Å². The van der Waals surface area contributed by atoms with Gasteiger partial charge in [-0.1, -0.05) is 91.4 Å². The Bertz CT molecular complexity index is 165. The van der Waals surface area contributed by atoms with E-state index in [1.54, 1.807) is 0 Å². The molecule has 1 N–H and O–H groups in total. The van der Waals surface area contributed by atoms with Gasteiger partial charge in [-0.05, 0) is 18.8 Å². The molecule has 0 aliphatic heterocycles. The van der Waals surface area contributed by atoms with Crippen molar-refractivity contribution in [2.75, 3.05) is 0 Å². The van der Waals surface area contributed by atoms with Crippen molar-refractivity contribution in [1.82, 2.24) is 0 Å². The van der Waals surface area contributed by atoms with Crippen molar-refractivity contribution in [2.45, 2.75) is 110 Å². The zero-order valence-electron chi connectivity index (χ0n) is 13.8. The highest BCUT2D eigenvalue weighted by molar-refractivity contribution is 4.57. The van der Waals surface area contributed by atoms with E-state index in [2.05, 4.69) is 20.8 Å². The van der Waals surface area contributed by atoms with Crippen molar-refractivity contribution in [3.8, 4) is 0 Å². The van der Waals surface area contributed by atoms with E-state index in [4.69, 9.17) is 0 Å². The molecule has 0 saturated heterocycles. The molecule has 0 amide bonds. The van der Waals surface area contributed by atoms with Gasteiger partial charge in [-0.3, -0.25) is 0 Å². The summed E-state index contributed by atoms with van der Waals surface area (Å²) in [7, 11) is 0. The molecule has 1 nitrogen and oxygen atoms in total. The molecule has 0 aromatic rings. The predicted molar refractivity (Wildman–Crippen MR) is 86.5 cm³/mol. The minimum atomic E-state index is -0.0312. The van der Waals surface area contributed by atoms with Crippen LogP contribution in [0, 0.1) is 5.92 Å². The van der Waals surface area contributed by atoms with Crippen molar-refractivity contribution in [3.63, 3.8) is 0 Å². The van der Waals surface area contributed by atoms with Crippen LogP contribution in [-0.2, 0) is 0 Å². The molecule has 0 radical (unpaired) electrons. The maximum Gasteiger partial charge on any atom is 0.0540 e. The number of aliphatic hydroxyl groups is 1. The molecule has 0 aliphatic rings. The summed E-state index contributed by atoms with van der Waals surface area (Å²) in [4.78, 5) is 0. The molecule has 1 unspecified atom stereocenters. The summed E-state index contributed by atoms with van der Waals surface area (Å²) in [5.41, 5.74) is 0. The first-order valence-corrected chi connectivity index (χ1v) is 8.84. The highest BCUT2D eigenvalue weighted by Gasteiger charge is 2.03. The second kappa shape index (κ2) is 14.4. The third-order valence-corrected chi connectivity index (χ3v) is 3.96. The Morgan fingerprint density at radius 2 is 1.05 bits per heavy atom. The second-order valence-corrected chi connectivity index (χ2v) is 6.60. The van der Waals surface area contributed by atoms with Crippen LogP contribution >= 0.6 is 0 Å². The van der Waals surface area contributed by atoms with Crippen molar-refractivity contribution in [1.29, 1.82) is 0 Å². The Balaban J connectivity index is 3.14. The van der Waals surface area contributed by atoms with Crippen LogP contribution in [0.15, 0.2) is 0 Å². The van der Waals surface area contributed by atoms with E-state index in [1.807, 2.05) is 0 Å². The number of rotatable bonds is 14. The smallest absolute Gasteiger partial charge is 0.0540 e. The lowest BCUT2D eigenvalue weighted by molar-refractivity contribution is 0.147. The first-order valence-electron chi connectivity index (χ1n) is 8.84. The Hall–Kier alpha value is -0.0400. The first-order chi connectivity index (χ1) is 9.16. The molecule has 0 saturated carbocycles. The van der Waals surface area contributed by atoms with Crippen LogP contribution in [0.2, 0.25) is 0 Å². The lowest BCUT2D eigenvalue weighted by atomic mass is 10.0. The Labute approximate surface area is 122 Å². The van der Waals surface area contributed by atoms with Crippen molar-refractivity contribution >= 4 is 0 Å². The minimum absolute atomic E-state index is 0.0312. The fourth-order valence-corrected chi connectivity index (χ4v) is 2.59. The van der Waals surface area contributed by atoms with Gasteiger partial charge in [0.25, 0.3) is 0 Å².